The summed E-state index contributed by atoms with van der Waals surface area (Å²) in [5.74, 6) is 1.91. The molecule has 0 aliphatic carbocycles. The predicted octanol–water partition coefficient (Wildman–Crippen LogP) is 3.42. The Bertz CT molecular complexity index is 1120. The number of halogens is 2. The maximum Gasteiger partial charge on any atom is 0.285 e. The number of para-hydroxylation sites is 1. The molecule has 4 nitrogen and oxygen atoms in total. The minimum atomic E-state index is -3.97. The van der Waals surface area contributed by atoms with Crippen molar-refractivity contribution < 1.29 is 12.8 Å². The fourth-order valence-electron chi connectivity index (χ4n) is 2.16. The van der Waals surface area contributed by atoms with Crippen molar-refractivity contribution in [1.29, 1.82) is 0 Å². The molecule has 0 spiro atoms. The molecule has 8 heteroatoms. The molecule has 0 fully saturated rings. The second kappa shape index (κ2) is 6.40. The van der Waals surface area contributed by atoms with Gasteiger partial charge >= 0.3 is 0 Å². The van der Waals surface area contributed by atoms with Crippen molar-refractivity contribution in [2.75, 3.05) is 0 Å². The second-order valence-electron chi connectivity index (χ2n) is 4.78. The van der Waals surface area contributed by atoms with E-state index in [1.807, 2.05) is 0 Å². The Morgan fingerprint density at radius 2 is 1.96 bits per heavy atom. The number of fused-ring (bicyclic) bond motifs is 1. The number of thiazole rings is 1. The fraction of sp³-hybridized carbons (Fsp3) is 0.0625. The second-order valence-corrected chi connectivity index (χ2v) is 7.83. The largest absolute Gasteiger partial charge is 0.302 e. The van der Waals surface area contributed by atoms with Gasteiger partial charge in [0.1, 0.15) is 5.82 Å². The third-order valence-electron chi connectivity index (χ3n) is 3.21. The normalized spacial score (nSPS) is 12.5. The number of hydrogen-bond acceptors (Lipinski definition) is 3. The van der Waals surface area contributed by atoms with E-state index in [1.54, 1.807) is 12.1 Å². The summed E-state index contributed by atoms with van der Waals surface area (Å²) in [6.45, 7) is 0.00983. The van der Waals surface area contributed by atoms with E-state index in [0.717, 1.165) is 11.3 Å². The van der Waals surface area contributed by atoms with Gasteiger partial charge in [0.25, 0.3) is 10.0 Å². The lowest BCUT2D eigenvalue weighted by molar-refractivity contribution is 0.595. The molecule has 3 aromatic rings. The van der Waals surface area contributed by atoms with Crippen molar-refractivity contribution in [3.8, 4) is 12.3 Å². The van der Waals surface area contributed by atoms with Gasteiger partial charge < -0.3 is 4.57 Å². The lowest BCUT2D eigenvalue weighted by Gasteiger charge is -2.01. The van der Waals surface area contributed by atoms with Gasteiger partial charge in [-0.1, -0.05) is 34.9 Å². The van der Waals surface area contributed by atoms with Gasteiger partial charge in [-0.05, 0) is 36.4 Å². The van der Waals surface area contributed by atoms with Crippen molar-refractivity contribution >= 4 is 43.2 Å². The van der Waals surface area contributed by atoms with E-state index in [9.17, 15) is 12.8 Å². The zero-order valence-electron chi connectivity index (χ0n) is 12.1. The van der Waals surface area contributed by atoms with Gasteiger partial charge in [0.2, 0.25) is 4.80 Å². The highest BCUT2D eigenvalue weighted by Gasteiger charge is 2.16. The number of hydrogen-bond donors (Lipinski definition) is 0. The number of terminal acetylenes is 1. The van der Waals surface area contributed by atoms with Gasteiger partial charge in [-0.25, -0.2) is 4.39 Å². The van der Waals surface area contributed by atoms with Crippen molar-refractivity contribution in [3.05, 3.63) is 58.1 Å². The Hall–Kier alpha value is -2.14. The average molecular weight is 381 g/mol. The smallest absolute Gasteiger partial charge is 0.285 e. The quantitative estimate of drug-likeness (QED) is 0.654. The first kappa shape index (κ1) is 16.7. The summed E-state index contributed by atoms with van der Waals surface area (Å²) >= 11 is 6.83. The van der Waals surface area contributed by atoms with Crippen LogP contribution in [0.25, 0.3) is 10.2 Å². The molecule has 0 saturated carbocycles. The number of rotatable bonds is 3. The number of nitrogens with zero attached hydrogens (tertiary/aromatic N) is 2. The molecular weight excluding hydrogens is 371 g/mol. The monoisotopic (exact) mass is 380 g/mol. The molecule has 0 amide bonds. The van der Waals surface area contributed by atoms with Crippen LogP contribution in [-0.4, -0.2) is 13.0 Å². The van der Waals surface area contributed by atoms with Crippen LogP contribution in [0.4, 0.5) is 4.39 Å². The Morgan fingerprint density at radius 3 is 2.62 bits per heavy atom. The molecule has 0 saturated heterocycles. The first-order valence-electron chi connectivity index (χ1n) is 6.70. The maximum absolute atomic E-state index is 14.1. The van der Waals surface area contributed by atoms with E-state index in [2.05, 4.69) is 10.3 Å². The molecule has 0 radical (unpaired) electrons. The van der Waals surface area contributed by atoms with Crippen molar-refractivity contribution in [2.45, 2.75) is 11.4 Å². The summed E-state index contributed by atoms with van der Waals surface area (Å²) < 4.78 is 44.8. The predicted molar refractivity (Wildman–Crippen MR) is 92.8 cm³/mol. The Morgan fingerprint density at radius 1 is 1.25 bits per heavy atom. The molecule has 24 heavy (non-hydrogen) atoms. The molecule has 0 aliphatic heterocycles. The summed E-state index contributed by atoms with van der Waals surface area (Å²) in [5.41, 5.74) is 0.241. The van der Waals surface area contributed by atoms with Crippen molar-refractivity contribution in [2.24, 2.45) is 4.40 Å². The molecule has 0 unspecified atom stereocenters. The minimum absolute atomic E-state index is 0.00270. The average Bonchev–Trinajstić information content (AvgIpc) is 2.86. The molecule has 0 bridgehead atoms. The maximum atomic E-state index is 14.1. The first-order valence-corrected chi connectivity index (χ1v) is 9.34. The van der Waals surface area contributed by atoms with Crippen LogP contribution in [0.5, 0.6) is 0 Å². The van der Waals surface area contributed by atoms with Gasteiger partial charge in [0.15, 0.2) is 0 Å². The van der Waals surface area contributed by atoms with Crippen molar-refractivity contribution in [1.82, 2.24) is 4.57 Å². The fourth-order valence-corrected chi connectivity index (χ4v) is 4.53. The van der Waals surface area contributed by atoms with E-state index in [1.165, 1.54) is 34.9 Å². The Labute approximate surface area is 146 Å². The molecule has 1 heterocycles. The van der Waals surface area contributed by atoms with E-state index >= 15 is 0 Å². The van der Waals surface area contributed by atoms with Gasteiger partial charge in [0, 0.05) is 5.02 Å². The molecule has 1 aromatic heterocycles. The zero-order chi connectivity index (χ0) is 17.3. The summed E-state index contributed by atoms with van der Waals surface area (Å²) in [7, 11) is -3.97. The number of benzene rings is 2. The number of aromatic nitrogens is 1. The Balaban J connectivity index is 2.27. The van der Waals surface area contributed by atoms with E-state index in [0.29, 0.717) is 9.72 Å². The van der Waals surface area contributed by atoms with Crippen LogP contribution in [0.2, 0.25) is 5.02 Å². The van der Waals surface area contributed by atoms with E-state index in [4.69, 9.17) is 18.0 Å². The first-order chi connectivity index (χ1) is 11.4. The highest BCUT2D eigenvalue weighted by molar-refractivity contribution is 7.90. The molecule has 3 rings (SSSR count). The molecule has 122 valence electrons. The molecular formula is C16H10ClFN2O2S2. The molecule has 0 atom stereocenters. The van der Waals surface area contributed by atoms with Crippen LogP contribution in [0.15, 0.2) is 51.8 Å². The number of sulfonamides is 1. The van der Waals surface area contributed by atoms with Gasteiger partial charge in [-0.15, -0.1) is 10.8 Å². The Kier molecular flexibility index (Phi) is 4.45. The summed E-state index contributed by atoms with van der Waals surface area (Å²) in [6.07, 6.45) is 5.33. The molecule has 2 aromatic carbocycles. The third kappa shape index (κ3) is 3.08. The van der Waals surface area contributed by atoms with Crippen molar-refractivity contribution in [3.63, 3.8) is 0 Å². The summed E-state index contributed by atoms with van der Waals surface area (Å²) in [6, 6.07) is 10.2. The molecule has 0 N–H and O–H groups in total. The summed E-state index contributed by atoms with van der Waals surface area (Å²) in [4.78, 5) is 0.111. The topological polar surface area (TPSA) is 51.4 Å². The lowest BCUT2D eigenvalue weighted by Crippen LogP contribution is -2.17. The van der Waals surface area contributed by atoms with E-state index < -0.39 is 15.8 Å². The van der Waals surface area contributed by atoms with Crippen LogP contribution in [0.3, 0.4) is 0 Å². The van der Waals surface area contributed by atoms with Crippen LogP contribution < -0.4 is 4.80 Å². The standard InChI is InChI=1S/C16H10ClFN2O2S2/c1-2-10-20-15-13(18)4-3-5-14(15)23-16(20)19-24(21,22)12-8-6-11(17)7-9-12/h1,3-9H,10H2/b19-16-. The highest BCUT2D eigenvalue weighted by atomic mass is 35.5. The zero-order valence-corrected chi connectivity index (χ0v) is 14.5. The van der Waals surface area contributed by atoms with Gasteiger partial charge in [0.05, 0.1) is 21.7 Å². The van der Waals surface area contributed by atoms with Crippen LogP contribution in [0, 0.1) is 18.2 Å². The van der Waals surface area contributed by atoms with Crippen LogP contribution >= 0.6 is 22.9 Å². The minimum Gasteiger partial charge on any atom is -0.302 e. The van der Waals surface area contributed by atoms with Crippen LogP contribution in [0.1, 0.15) is 0 Å². The summed E-state index contributed by atoms with van der Waals surface area (Å²) in [5, 5.41) is 0.417. The highest BCUT2D eigenvalue weighted by Crippen LogP contribution is 2.21. The van der Waals surface area contributed by atoms with E-state index in [-0.39, 0.29) is 21.8 Å². The third-order valence-corrected chi connectivity index (χ3v) is 5.90. The van der Waals surface area contributed by atoms with Crippen LogP contribution in [-0.2, 0) is 16.6 Å². The van der Waals surface area contributed by atoms with Gasteiger partial charge in [-0.2, -0.15) is 8.42 Å². The lowest BCUT2D eigenvalue weighted by atomic mass is 10.3. The SMILES string of the molecule is C#CCn1/c(=N/S(=O)(=O)c2ccc(Cl)cc2)sc2cccc(F)c21. The van der Waals surface area contributed by atoms with Gasteiger partial charge in [-0.3, -0.25) is 0 Å². The molecule has 0 aliphatic rings.